The van der Waals surface area contributed by atoms with Gasteiger partial charge in [-0.2, -0.15) is 0 Å². The first-order valence-electron chi connectivity index (χ1n) is 13.4. The maximum atomic E-state index is 14.0. The van der Waals surface area contributed by atoms with E-state index in [9.17, 15) is 18.0 Å². The lowest BCUT2D eigenvalue weighted by Crippen LogP contribution is -2.51. The highest BCUT2D eigenvalue weighted by molar-refractivity contribution is 9.10. The molecule has 1 atom stereocenters. The third-order valence-corrected chi connectivity index (χ3v) is 9.25. The Morgan fingerprint density at radius 1 is 0.925 bits per heavy atom. The molecule has 0 bridgehead atoms. The van der Waals surface area contributed by atoms with E-state index in [1.165, 1.54) is 4.90 Å². The van der Waals surface area contributed by atoms with Crippen molar-refractivity contribution in [1.29, 1.82) is 0 Å². The van der Waals surface area contributed by atoms with E-state index in [0.717, 1.165) is 43.9 Å². The van der Waals surface area contributed by atoms with Crippen molar-refractivity contribution in [1.82, 2.24) is 10.2 Å². The van der Waals surface area contributed by atoms with Crippen molar-refractivity contribution in [3.63, 3.8) is 0 Å². The van der Waals surface area contributed by atoms with E-state index in [1.54, 1.807) is 43.3 Å². The van der Waals surface area contributed by atoms with Crippen LogP contribution in [-0.2, 0) is 26.2 Å². The zero-order valence-electron chi connectivity index (χ0n) is 23.8. The minimum absolute atomic E-state index is 0.0916. The monoisotopic (exact) mass is 627 g/mol. The first kappa shape index (κ1) is 31.4. The Morgan fingerprint density at radius 3 is 2.17 bits per heavy atom. The summed E-state index contributed by atoms with van der Waals surface area (Å²) in [4.78, 5) is 28.6. The number of hydrogen-bond acceptors (Lipinski definition) is 4. The van der Waals surface area contributed by atoms with Crippen LogP contribution in [-0.4, -0.2) is 44.3 Å². The Bertz CT molecular complexity index is 1420. The molecule has 0 spiro atoms. The molecule has 0 aliphatic carbocycles. The number of nitrogens with zero attached hydrogens (tertiary/aromatic N) is 2. The van der Waals surface area contributed by atoms with Gasteiger partial charge in [0.25, 0.3) is 10.0 Å². The van der Waals surface area contributed by atoms with Gasteiger partial charge in [0.15, 0.2) is 0 Å². The van der Waals surface area contributed by atoms with Crippen LogP contribution < -0.4 is 9.62 Å². The normalized spacial score (nSPS) is 12.1. The molecule has 0 radical (unpaired) electrons. The molecule has 0 aliphatic rings. The largest absolute Gasteiger partial charge is 0.354 e. The van der Waals surface area contributed by atoms with Gasteiger partial charge in [0.2, 0.25) is 11.8 Å². The molecule has 0 aromatic heterocycles. The van der Waals surface area contributed by atoms with Crippen molar-refractivity contribution < 1.29 is 18.0 Å². The predicted molar refractivity (Wildman–Crippen MR) is 164 cm³/mol. The van der Waals surface area contributed by atoms with Crippen LogP contribution in [0.3, 0.4) is 0 Å². The number of nitrogens with one attached hydrogen (secondary N) is 1. The standard InChI is InChI=1S/C31H38BrN3O4S/c1-6-7-18-33-31(37)25(5)34(20-26-11-13-27(32)14-12-26)30(36)21-35(28-15-10-23(3)24(4)19-28)40(38,39)29-16-8-22(2)9-17-29/h8-17,19,25H,6-7,18,20-21H2,1-5H3,(H,33,37)/t25-/m1/s1. The highest BCUT2D eigenvalue weighted by Gasteiger charge is 2.32. The van der Waals surface area contributed by atoms with Crippen LogP contribution in [0.5, 0.6) is 0 Å². The van der Waals surface area contributed by atoms with Gasteiger partial charge in [0, 0.05) is 17.6 Å². The van der Waals surface area contributed by atoms with E-state index in [-0.39, 0.29) is 17.3 Å². The number of anilines is 1. The highest BCUT2D eigenvalue weighted by atomic mass is 79.9. The van der Waals surface area contributed by atoms with Crippen molar-refractivity contribution in [2.75, 3.05) is 17.4 Å². The Hall–Kier alpha value is -3.17. The van der Waals surface area contributed by atoms with Gasteiger partial charge >= 0.3 is 0 Å². The summed E-state index contributed by atoms with van der Waals surface area (Å²) >= 11 is 3.43. The second-order valence-corrected chi connectivity index (χ2v) is 12.8. The van der Waals surface area contributed by atoms with Gasteiger partial charge in [-0.25, -0.2) is 8.42 Å². The van der Waals surface area contributed by atoms with Gasteiger partial charge < -0.3 is 10.2 Å². The molecule has 3 aromatic rings. The van der Waals surface area contributed by atoms with Crippen LogP contribution in [0.15, 0.2) is 76.1 Å². The van der Waals surface area contributed by atoms with Crippen molar-refractivity contribution in [3.8, 4) is 0 Å². The molecule has 0 unspecified atom stereocenters. The third-order valence-electron chi connectivity index (χ3n) is 6.93. The summed E-state index contributed by atoms with van der Waals surface area (Å²) in [6.45, 7) is 9.65. The lowest BCUT2D eigenvalue weighted by atomic mass is 10.1. The smallest absolute Gasteiger partial charge is 0.264 e. The molecule has 0 heterocycles. The molecule has 214 valence electrons. The average molecular weight is 629 g/mol. The quantitative estimate of drug-likeness (QED) is 0.253. The fourth-order valence-corrected chi connectivity index (χ4v) is 5.82. The van der Waals surface area contributed by atoms with Gasteiger partial charge in [0.1, 0.15) is 12.6 Å². The molecule has 40 heavy (non-hydrogen) atoms. The molecule has 9 heteroatoms. The fourth-order valence-electron chi connectivity index (χ4n) is 4.15. The van der Waals surface area contributed by atoms with E-state index >= 15 is 0 Å². The second kappa shape index (κ2) is 13.9. The number of aryl methyl sites for hydroxylation is 3. The second-order valence-electron chi connectivity index (χ2n) is 10.1. The number of unbranched alkanes of at least 4 members (excludes halogenated alkanes) is 1. The maximum Gasteiger partial charge on any atom is 0.264 e. The summed E-state index contributed by atoms with van der Waals surface area (Å²) in [5.41, 5.74) is 4.06. The fraction of sp³-hybridized carbons (Fsp3) is 0.355. The topological polar surface area (TPSA) is 86.8 Å². The van der Waals surface area contributed by atoms with E-state index in [1.807, 2.05) is 58.0 Å². The summed E-state index contributed by atoms with van der Waals surface area (Å²) in [6, 6.07) is 18.6. The zero-order chi connectivity index (χ0) is 29.4. The first-order valence-corrected chi connectivity index (χ1v) is 15.7. The summed E-state index contributed by atoms with van der Waals surface area (Å²) in [7, 11) is -4.09. The zero-order valence-corrected chi connectivity index (χ0v) is 26.2. The minimum Gasteiger partial charge on any atom is -0.354 e. The Balaban J connectivity index is 2.02. The molecule has 0 fully saturated rings. The van der Waals surface area contributed by atoms with Gasteiger partial charge in [-0.3, -0.25) is 13.9 Å². The van der Waals surface area contributed by atoms with E-state index in [0.29, 0.717) is 12.2 Å². The van der Waals surface area contributed by atoms with Crippen LogP contribution in [0.25, 0.3) is 0 Å². The summed E-state index contributed by atoms with van der Waals surface area (Å²) < 4.78 is 29.9. The molecular formula is C31H38BrN3O4S. The van der Waals surface area contributed by atoms with Crippen molar-refractivity contribution in [2.45, 2.75) is 64.9 Å². The molecule has 3 aromatic carbocycles. The van der Waals surface area contributed by atoms with Crippen LogP contribution in [0.2, 0.25) is 0 Å². The van der Waals surface area contributed by atoms with Gasteiger partial charge in [-0.15, -0.1) is 0 Å². The minimum atomic E-state index is -4.09. The van der Waals surface area contributed by atoms with Crippen LogP contribution in [0.4, 0.5) is 5.69 Å². The summed E-state index contributed by atoms with van der Waals surface area (Å²) in [5, 5.41) is 2.90. The molecule has 0 saturated carbocycles. The Kier molecular flexibility index (Phi) is 10.9. The number of hydrogen-bond donors (Lipinski definition) is 1. The van der Waals surface area contributed by atoms with Crippen molar-refractivity contribution in [2.24, 2.45) is 0 Å². The van der Waals surface area contributed by atoms with Gasteiger partial charge in [-0.1, -0.05) is 65.2 Å². The molecule has 3 rings (SSSR count). The summed E-state index contributed by atoms with van der Waals surface area (Å²) in [5.74, 6) is -0.756. The molecular weight excluding hydrogens is 590 g/mol. The van der Waals surface area contributed by atoms with E-state index < -0.39 is 28.5 Å². The Labute approximate surface area is 246 Å². The SMILES string of the molecule is CCCCNC(=O)[C@@H](C)N(Cc1ccc(Br)cc1)C(=O)CN(c1ccc(C)c(C)c1)S(=O)(=O)c1ccc(C)cc1. The molecule has 7 nitrogen and oxygen atoms in total. The number of benzene rings is 3. The molecule has 1 N–H and O–H groups in total. The predicted octanol–water partition coefficient (Wildman–Crippen LogP) is 5.90. The van der Waals surface area contributed by atoms with Crippen LogP contribution in [0, 0.1) is 20.8 Å². The molecule has 0 saturated heterocycles. The Morgan fingerprint density at radius 2 is 1.57 bits per heavy atom. The average Bonchev–Trinajstić information content (AvgIpc) is 2.92. The van der Waals surface area contributed by atoms with E-state index in [2.05, 4.69) is 21.2 Å². The molecule has 0 aliphatic heterocycles. The van der Waals surface area contributed by atoms with Crippen molar-refractivity contribution in [3.05, 3.63) is 93.5 Å². The first-order chi connectivity index (χ1) is 18.9. The number of carbonyl (C=O) groups is 2. The maximum absolute atomic E-state index is 14.0. The van der Waals surface area contributed by atoms with Gasteiger partial charge in [-0.05, 0) is 87.2 Å². The number of halogens is 1. The van der Waals surface area contributed by atoms with Crippen LogP contribution >= 0.6 is 15.9 Å². The number of rotatable bonds is 12. The lowest BCUT2D eigenvalue weighted by Gasteiger charge is -2.32. The molecule has 2 amide bonds. The van der Waals surface area contributed by atoms with Crippen molar-refractivity contribution >= 4 is 43.5 Å². The highest BCUT2D eigenvalue weighted by Crippen LogP contribution is 2.27. The third kappa shape index (κ3) is 7.95. The van der Waals surface area contributed by atoms with Crippen LogP contribution in [0.1, 0.15) is 48.9 Å². The lowest BCUT2D eigenvalue weighted by molar-refractivity contribution is -0.139. The van der Waals surface area contributed by atoms with Gasteiger partial charge in [0.05, 0.1) is 10.6 Å². The number of amides is 2. The summed E-state index contributed by atoms with van der Waals surface area (Å²) in [6.07, 6.45) is 1.76. The number of carbonyl (C=O) groups excluding carboxylic acids is 2. The number of sulfonamides is 1. The van der Waals surface area contributed by atoms with E-state index in [4.69, 9.17) is 0 Å².